The van der Waals surface area contributed by atoms with Crippen LogP contribution in [0.3, 0.4) is 0 Å². The van der Waals surface area contributed by atoms with Gasteiger partial charge in [0.15, 0.2) is 4.90 Å². The second kappa shape index (κ2) is 6.18. The molecule has 106 valence electrons. The Hall–Kier alpha value is -1.68. The van der Waals surface area contributed by atoms with Crippen LogP contribution in [0.5, 0.6) is 0 Å². The van der Waals surface area contributed by atoms with Crippen LogP contribution in [0.25, 0.3) is 0 Å². The predicted octanol–water partition coefficient (Wildman–Crippen LogP) is 2.78. The summed E-state index contributed by atoms with van der Waals surface area (Å²) >= 11 is 3.65. The van der Waals surface area contributed by atoms with Gasteiger partial charge >= 0.3 is 0 Å². The van der Waals surface area contributed by atoms with Gasteiger partial charge in [0.25, 0.3) is 0 Å². The Morgan fingerprint density at radius 3 is 2.70 bits per heavy atom. The zero-order valence-corrected chi connectivity index (χ0v) is 13.3. The number of allylic oxidation sites excluding steroid dienone is 3. The Labute approximate surface area is 126 Å². The van der Waals surface area contributed by atoms with Crippen LogP contribution >= 0.6 is 0 Å². The van der Waals surface area contributed by atoms with Gasteiger partial charge in [-0.2, -0.15) is 0 Å². The van der Waals surface area contributed by atoms with Gasteiger partial charge in [-0.15, -0.1) is 0 Å². The molecule has 20 heavy (non-hydrogen) atoms. The van der Waals surface area contributed by atoms with Gasteiger partial charge in [0, 0.05) is 43.7 Å². The van der Waals surface area contributed by atoms with E-state index in [0.717, 1.165) is 46.1 Å². The number of anilines is 1. The Balaban J connectivity index is 2.30. The van der Waals surface area contributed by atoms with Crippen molar-refractivity contribution in [3.05, 3.63) is 41.6 Å². The first-order valence-electron chi connectivity index (χ1n) is 6.78. The summed E-state index contributed by atoms with van der Waals surface area (Å²) in [7, 11) is 4.05. The molecule has 0 fully saturated rings. The minimum Gasteiger partial charge on any atom is -0.399 e. The first kappa shape index (κ1) is 14.7. The molecule has 1 aliphatic carbocycles. The van der Waals surface area contributed by atoms with Crippen LogP contribution in [0.4, 0.5) is 11.4 Å². The summed E-state index contributed by atoms with van der Waals surface area (Å²) in [6.45, 7) is 2.11. The van der Waals surface area contributed by atoms with Crippen molar-refractivity contribution in [1.82, 2.24) is 0 Å². The lowest BCUT2D eigenvalue weighted by molar-refractivity contribution is 1.07. The van der Waals surface area contributed by atoms with E-state index in [0.29, 0.717) is 0 Å². The Morgan fingerprint density at radius 2 is 2.10 bits per heavy atom. The van der Waals surface area contributed by atoms with E-state index in [9.17, 15) is 0 Å². The maximum absolute atomic E-state index is 5.95. The fourth-order valence-electron chi connectivity index (χ4n) is 2.13. The lowest BCUT2D eigenvalue weighted by Crippen LogP contribution is -2.09. The van der Waals surface area contributed by atoms with Crippen molar-refractivity contribution in [2.24, 2.45) is 10.7 Å². The van der Waals surface area contributed by atoms with Crippen molar-refractivity contribution in [2.75, 3.05) is 19.0 Å². The van der Waals surface area contributed by atoms with Crippen molar-refractivity contribution >= 4 is 29.7 Å². The molecule has 1 aromatic rings. The van der Waals surface area contributed by atoms with E-state index in [-0.39, 0.29) is 0 Å². The minimum absolute atomic E-state index is 0.788. The van der Waals surface area contributed by atoms with Gasteiger partial charge in [-0.1, -0.05) is 13.0 Å². The number of rotatable bonds is 3. The highest BCUT2D eigenvalue weighted by Gasteiger charge is 2.10. The topological polar surface area (TPSA) is 41.6 Å². The molecule has 0 aromatic heterocycles. The Morgan fingerprint density at radius 1 is 1.35 bits per heavy atom. The van der Waals surface area contributed by atoms with Gasteiger partial charge in [0.05, 0.1) is 0 Å². The third kappa shape index (κ3) is 3.25. The van der Waals surface area contributed by atoms with Crippen molar-refractivity contribution in [2.45, 2.75) is 24.7 Å². The van der Waals surface area contributed by atoms with Crippen molar-refractivity contribution in [3.63, 3.8) is 0 Å². The predicted molar refractivity (Wildman–Crippen MR) is 91.5 cm³/mol. The number of benzene rings is 1. The second-order valence-corrected chi connectivity index (χ2v) is 5.62. The molecule has 3 nitrogen and oxygen atoms in total. The van der Waals surface area contributed by atoms with Gasteiger partial charge in [-0.25, -0.2) is 4.99 Å². The summed E-state index contributed by atoms with van der Waals surface area (Å²) in [4.78, 5) is 7.79. The summed E-state index contributed by atoms with van der Waals surface area (Å²) in [5.41, 5.74) is 11.1. The molecule has 0 heterocycles. The average molecular weight is 288 g/mol. The van der Waals surface area contributed by atoms with Crippen LogP contribution < -0.4 is 10.6 Å². The molecule has 2 rings (SSSR count). The largest absolute Gasteiger partial charge is 0.399 e. The molecule has 0 aliphatic heterocycles. The van der Waals surface area contributed by atoms with E-state index in [1.165, 1.54) is 0 Å². The molecule has 2 N–H and O–H groups in total. The second-order valence-electron chi connectivity index (χ2n) is 5.09. The molecular weight excluding hydrogens is 266 g/mol. The molecule has 0 radical (unpaired) electrons. The fourth-order valence-corrected chi connectivity index (χ4v) is 2.41. The number of nitrogens with zero attached hydrogens (tertiary/aromatic N) is 2. The van der Waals surface area contributed by atoms with E-state index in [1.54, 1.807) is 0 Å². The van der Waals surface area contributed by atoms with Crippen LogP contribution in [0, 0.1) is 0 Å². The van der Waals surface area contributed by atoms with E-state index in [2.05, 4.69) is 42.7 Å². The van der Waals surface area contributed by atoms with Crippen LogP contribution in [-0.4, -0.2) is 19.8 Å². The maximum atomic E-state index is 5.95. The molecule has 0 amide bonds. The number of nitrogens with two attached hydrogens (primary N) is 1. The normalized spacial score (nSPS) is 16.9. The standard InChI is InChI=1S/C16H21N3S/c1-4-11-9-12(5-7-14(11)17)18-15-8-6-13(19(2)3)10-16(15)20/h6-10,20H,4-5,17H2,1-3H3/p+1. The molecule has 0 saturated heterocycles. The average Bonchev–Trinajstić information content (AvgIpc) is 2.42. The van der Waals surface area contributed by atoms with Crippen molar-refractivity contribution < 1.29 is 0 Å². The monoisotopic (exact) mass is 288 g/mol. The van der Waals surface area contributed by atoms with Crippen LogP contribution in [0.1, 0.15) is 19.8 Å². The molecule has 0 unspecified atom stereocenters. The number of hydrogen-bond donors (Lipinski definition) is 1. The zero-order valence-electron chi connectivity index (χ0n) is 12.3. The molecule has 1 aromatic carbocycles. The third-order valence-corrected chi connectivity index (χ3v) is 3.78. The summed E-state index contributed by atoms with van der Waals surface area (Å²) in [5.74, 6) is 0. The first-order chi connectivity index (χ1) is 9.51. The first-order valence-corrected chi connectivity index (χ1v) is 7.28. The zero-order chi connectivity index (χ0) is 14.7. The fraction of sp³-hybridized carbons (Fsp3) is 0.312. The molecule has 0 spiro atoms. The van der Waals surface area contributed by atoms with Crippen LogP contribution in [0.15, 0.2) is 51.5 Å². The highest BCUT2D eigenvalue weighted by molar-refractivity contribution is 7.59. The maximum Gasteiger partial charge on any atom is 0.178 e. The third-order valence-electron chi connectivity index (χ3n) is 3.38. The summed E-state index contributed by atoms with van der Waals surface area (Å²) < 4.78 is 0. The number of aliphatic imine (C=N–C) groups is 1. The van der Waals surface area contributed by atoms with E-state index < -0.39 is 0 Å². The molecular formula is C16H22N3S+. The highest BCUT2D eigenvalue weighted by Crippen LogP contribution is 2.26. The lowest BCUT2D eigenvalue weighted by atomic mass is 10.0. The SMILES string of the molecule is CCC1=CC(=Nc2ccc(N(C)C)cc2[SH2+])CC=C1N. The van der Waals surface area contributed by atoms with Crippen molar-refractivity contribution in [1.29, 1.82) is 0 Å². The molecule has 1 aliphatic rings. The van der Waals surface area contributed by atoms with E-state index in [1.807, 2.05) is 26.2 Å². The highest BCUT2D eigenvalue weighted by atomic mass is 32.1. The van der Waals surface area contributed by atoms with Gasteiger partial charge in [0.1, 0.15) is 5.69 Å². The Bertz CT molecular complexity index is 598. The molecule has 0 atom stereocenters. The number of hydrogen-bond acceptors (Lipinski definition) is 3. The lowest BCUT2D eigenvalue weighted by Gasteiger charge is -2.13. The van der Waals surface area contributed by atoms with Gasteiger partial charge in [0.2, 0.25) is 0 Å². The summed E-state index contributed by atoms with van der Waals surface area (Å²) in [5, 5.41) is 0. The molecule has 4 heteroatoms. The smallest absolute Gasteiger partial charge is 0.178 e. The Kier molecular flexibility index (Phi) is 4.55. The summed E-state index contributed by atoms with van der Waals surface area (Å²) in [6.07, 6.45) is 5.86. The molecule has 0 saturated carbocycles. The van der Waals surface area contributed by atoms with Gasteiger partial charge < -0.3 is 10.6 Å². The molecule has 0 bridgehead atoms. The minimum atomic E-state index is 0.788. The van der Waals surface area contributed by atoms with Gasteiger partial charge in [-0.3, -0.25) is 0 Å². The van der Waals surface area contributed by atoms with Crippen molar-refractivity contribution in [3.8, 4) is 0 Å². The van der Waals surface area contributed by atoms with E-state index in [4.69, 9.17) is 10.7 Å². The quantitative estimate of drug-likeness (QED) is 0.869. The van der Waals surface area contributed by atoms with Gasteiger partial charge in [-0.05, 0) is 42.8 Å². The van der Waals surface area contributed by atoms with Crippen LogP contribution in [-0.2, 0) is 12.6 Å². The summed E-state index contributed by atoms with van der Waals surface area (Å²) in [6, 6.07) is 6.18. The van der Waals surface area contributed by atoms with Crippen LogP contribution in [0.2, 0.25) is 0 Å². The van der Waals surface area contributed by atoms with E-state index >= 15 is 0 Å².